The summed E-state index contributed by atoms with van der Waals surface area (Å²) in [5, 5.41) is 3.16. The fraction of sp³-hybridized carbons (Fsp3) is 0.235. The molecular formula is C17H15NO. The van der Waals surface area contributed by atoms with Crippen LogP contribution in [0.4, 0.5) is 0 Å². The average molecular weight is 249 g/mol. The number of benzene rings is 2. The van der Waals surface area contributed by atoms with Crippen LogP contribution in [0.3, 0.4) is 0 Å². The third-order valence-corrected chi connectivity index (χ3v) is 4.74. The molecule has 1 aliphatic carbocycles. The van der Waals surface area contributed by atoms with E-state index >= 15 is 0 Å². The minimum Gasteiger partial charge on any atom is -0.348 e. The molecule has 0 aromatic heterocycles. The van der Waals surface area contributed by atoms with Crippen molar-refractivity contribution in [3.8, 4) is 0 Å². The van der Waals surface area contributed by atoms with Gasteiger partial charge in [0.25, 0.3) is 5.91 Å². The second-order valence-corrected chi connectivity index (χ2v) is 5.66. The number of hydrogen-bond donors (Lipinski definition) is 1. The summed E-state index contributed by atoms with van der Waals surface area (Å²) in [5.74, 6) is 0.473. The van der Waals surface area contributed by atoms with Crippen LogP contribution >= 0.6 is 0 Å². The van der Waals surface area contributed by atoms with E-state index in [1.807, 2.05) is 24.3 Å². The van der Waals surface area contributed by atoms with Crippen LogP contribution in [0.25, 0.3) is 0 Å². The molecule has 1 fully saturated rings. The van der Waals surface area contributed by atoms with E-state index in [2.05, 4.69) is 42.6 Å². The Bertz CT molecular complexity index is 664. The fourth-order valence-electron chi connectivity index (χ4n) is 3.60. The van der Waals surface area contributed by atoms with Crippen LogP contribution in [-0.4, -0.2) is 11.9 Å². The van der Waals surface area contributed by atoms with Crippen molar-refractivity contribution in [3.63, 3.8) is 0 Å². The molecule has 0 unspecified atom stereocenters. The highest BCUT2D eigenvalue weighted by Gasteiger charge is 2.65. The first-order valence-electron chi connectivity index (χ1n) is 6.68. The van der Waals surface area contributed by atoms with Gasteiger partial charge in [-0.2, -0.15) is 0 Å². The van der Waals surface area contributed by atoms with E-state index in [-0.39, 0.29) is 17.4 Å². The zero-order chi connectivity index (χ0) is 13.0. The van der Waals surface area contributed by atoms with Crippen LogP contribution in [-0.2, 0) is 5.41 Å². The number of fused-ring (bicyclic) bond motifs is 3. The van der Waals surface area contributed by atoms with E-state index in [4.69, 9.17) is 0 Å². The van der Waals surface area contributed by atoms with Crippen molar-refractivity contribution in [1.82, 2.24) is 5.32 Å². The molecule has 1 amide bonds. The zero-order valence-corrected chi connectivity index (χ0v) is 10.8. The van der Waals surface area contributed by atoms with E-state index in [1.54, 1.807) is 0 Å². The van der Waals surface area contributed by atoms with Crippen LogP contribution in [0.5, 0.6) is 0 Å². The molecule has 2 nitrogen and oxygen atoms in total. The van der Waals surface area contributed by atoms with Gasteiger partial charge in [0.15, 0.2) is 0 Å². The lowest BCUT2D eigenvalue weighted by Crippen LogP contribution is -2.33. The van der Waals surface area contributed by atoms with Crippen molar-refractivity contribution in [1.29, 1.82) is 0 Å². The summed E-state index contributed by atoms with van der Waals surface area (Å²) < 4.78 is 0. The second-order valence-electron chi connectivity index (χ2n) is 5.66. The number of hydrogen-bond acceptors (Lipinski definition) is 1. The normalized spacial score (nSPS) is 31.1. The summed E-state index contributed by atoms with van der Waals surface area (Å²) in [6.45, 7) is 2.25. The maximum absolute atomic E-state index is 12.1. The second kappa shape index (κ2) is 3.47. The van der Waals surface area contributed by atoms with E-state index < -0.39 is 0 Å². The molecule has 0 bridgehead atoms. The molecule has 1 aliphatic heterocycles. The van der Waals surface area contributed by atoms with Gasteiger partial charge in [0.2, 0.25) is 0 Å². The standard InChI is InChI=1S/C17H15NO/c1-17(11-7-3-2-4-8-11)14-12-9-5-6-10-13(12)16(19)18-15(14)17/h2-10,14-15H,1H3,(H,18,19)/t14-,15+,17-/m1/s1. The topological polar surface area (TPSA) is 29.1 Å². The molecule has 2 aromatic carbocycles. The summed E-state index contributed by atoms with van der Waals surface area (Å²) >= 11 is 0. The average Bonchev–Trinajstić information content (AvgIpc) is 3.07. The highest BCUT2D eigenvalue weighted by molar-refractivity contribution is 5.99. The van der Waals surface area contributed by atoms with Gasteiger partial charge >= 0.3 is 0 Å². The van der Waals surface area contributed by atoms with E-state index in [0.29, 0.717) is 5.92 Å². The lowest BCUT2D eigenvalue weighted by atomic mass is 9.91. The molecule has 0 radical (unpaired) electrons. The lowest BCUT2D eigenvalue weighted by Gasteiger charge is -2.14. The van der Waals surface area contributed by atoms with Crippen LogP contribution in [0, 0.1) is 0 Å². The first-order valence-corrected chi connectivity index (χ1v) is 6.68. The maximum atomic E-state index is 12.1. The van der Waals surface area contributed by atoms with Crippen molar-refractivity contribution in [2.45, 2.75) is 24.3 Å². The summed E-state index contributed by atoms with van der Waals surface area (Å²) in [4.78, 5) is 12.1. The zero-order valence-electron chi connectivity index (χ0n) is 10.8. The third kappa shape index (κ3) is 1.29. The Hall–Kier alpha value is -2.09. The molecule has 1 saturated carbocycles. The van der Waals surface area contributed by atoms with Crippen molar-refractivity contribution in [2.24, 2.45) is 0 Å². The smallest absolute Gasteiger partial charge is 0.251 e. The summed E-state index contributed by atoms with van der Waals surface area (Å²) in [6, 6.07) is 18.7. The third-order valence-electron chi connectivity index (χ3n) is 4.74. The predicted octanol–water partition coefficient (Wildman–Crippen LogP) is 2.85. The monoisotopic (exact) mass is 249 g/mol. The molecule has 1 N–H and O–H groups in total. The molecular weight excluding hydrogens is 234 g/mol. The van der Waals surface area contributed by atoms with Gasteiger partial charge in [-0.3, -0.25) is 4.79 Å². The van der Waals surface area contributed by atoms with Crippen molar-refractivity contribution >= 4 is 5.91 Å². The van der Waals surface area contributed by atoms with Crippen LogP contribution in [0.15, 0.2) is 54.6 Å². The Labute approximate surface area is 112 Å². The Balaban J connectivity index is 1.85. The maximum Gasteiger partial charge on any atom is 0.251 e. The van der Waals surface area contributed by atoms with E-state index in [1.165, 1.54) is 11.1 Å². The molecule has 1 heterocycles. The number of nitrogens with one attached hydrogen (secondary N) is 1. The highest BCUT2D eigenvalue weighted by atomic mass is 16.1. The minimum atomic E-state index is 0.0313. The van der Waals surface area contributed by atoms with Gasteiger partial charge in [0.1, 0.15) is 0 Å². The minimum absolute atomic E-state index is 0.0313. The van der Waals surface area contributed by atoms with Crippen molar-refractivity contribution in [2.75, 3.05) is 0 Å². The van der Waals surface area contributed by atoms with Gasteiger partial charge in [-0.1, -0.05) is 55.5 Å². The SMILES string of the molecule is C[C@@]1(c2ccccc2)[C@@H]2c3ccccc3C(=O)N[C@@H]21. The Kier molecular flexibility index (Phi) is 1.97. The van der Waals surface area contributed by atoms with E-state index in [9.17, 15) is 4.79 Å². The summed E-state index contributed by atoms with van der Waals surface area (Å²) in [7, 11) is 0. The molecule has 4 rings (SSSR count). The number of carbonyl (C=O) groups excluding carboxylic acids is 1. The summed E-state index contributed by atoms with van der Waals surface area (Å²) in [5.41, 5.74) is 3.37. The fourth-order valence-corrected chi connectivity index (χ4v) is 3.60. The Morgan fingerprint density at radius 1 is 1.00 bits per heavy atom. The lowest BCUT2D eigenvalue weighted by molar-refractivity contribution is 0.0942. The molecule has 0 spiro atoms. The highest BCUT2D eigenvalue weighted by Crippen LogP contribution is 2.62. The van der Waals surface area contributed by atoms with Crippen LogP contribution < -0.4 is 5.32 Å². The number of rotatable bonds is 1. The number of carbonyl (C=O) groups is 1. The molecule has 2 aromatic rings. The van der Waals surface area contributed by atoms with Crippen LogP contribution in [0.2, 0.25) is 0 Å². The summed E-state index contributed by atoms with van der Waals surface area (Å²) in [6.07, 6.45) is 0. The quantitative estimate of drug-likeness (QED) is 0.827. The van der Waals surface area contributed by atoms with Gasteiger partial charge in [-0.15, -0.1) is 0 Å². The molecule has 0 saturated heterocycles. The van der Waals surface area contributed by atoms with E-state index in [0.717, 1.165) is 5.56 Å². The van der Waals surface area contributed by atoms with Crippen molar-refractivity contribution < 1.29 is 4.79 Å². The van der Waals surface area contributed by atoms with Crippen LogP contribution in [0.1, 0.15) is 34.3 Å². The van der Waals surface area contributed by atoms with Gasteiger partial charge in [-0.25, -0.2) is 0 Å². The molecule has 3 atom stereocenters. The van der Waals surface area contributed by atoms with Gasteiger partial charge in [0.05, 0.1) is 0 Å². The number of amides is 1. The Morgan fingerprint density at radius 3 is 2.47 bits per heavy atom. The molecule has 2 heteroatoms. The van der Waals surface area contributed by atoms with Gasteiger partial charge in [0, 0.05) is 22.9 Å². The van der Waals surface area contributed by atoms with Gasteiger partial charge in [-0.05, 0) is 17.2 Å². The molecule has 2 aliphatic rings. The molecule has 19 heavy (non-hydrogen) atoms. The predicted molar refractivity (Wildman–Crippen MR) is 74.2 cm³/mol. The van der Waals surface area contributed by atoms with Crippen molar-refractivity contribution in [3.05, 3.63) is 71.3 Å². The van der Waals surface area contributed by atoms with Gasteiger partial charge < -0.3 is 5.32 Å². The molecule has 94 valence electrons. The first-order chi connectivity index (χ1) is 9.23. The largest absolute Gasteiger partial charge is 0.348 e. The first kappa shape index (κ1) is 10.8. The Morgan fingerprint density at radius 2 is 1.68 bits per heavy atom.